The van der Waals surface area contributed by atoms with E-state index in [0.29, 0.717) is 86.5 Å². The molecule has 4 saturated heterocycles. The van der Waals surface area contributed by atoms with Crippen molar-refractivity contribution >= 4 is 40.1 Å². The average Bonchev–Trinajstić information content (AvgIpc) is 4.05. The lowest BCUT2D eigenvalue weighted by molar-refractivity contribution is -0.120. The van der Waals surface area contributed by atoms with E-state index in [2.05, 4.69) is 38.0 Å². The molecule has 5 heterocycles. The van der Waals surface area contributed by atoms with Crippen LogP contribution in [0.4, 0.5) is 14.9 Å². The molecule has 1 aromatic heterocycles. The van der Waals surface area contributed by atoms with Gasteiger partial charge in [0.05, 0.1) is 5.70 Å². The zero-order chi connectivity index (χ0) is 43.1. The first-order chi connectivity index (χ1) is 29.9. The number of benzene rings is 3. The number of alkyl halides is 1. The van der Waals surface area contributed by atoms with E-state index in [4.69, 9.17) is 17.2 Å². The molecular formula is C48H58FN9O4. The third-order valence-corrected chi connectivity index (χ3v) is 13.8. The molecule has 14 heteroatoms. The molecule has 1 unspecified atom stereocenters. The minimum absolute atomic E-state index is 0.0680. The molecule has 9 rings (SSSR count). The molecule has 13 nitrogen and oxygen atoms in total. The second kappa shape index (κ2) is 17.0. The van der Waals surface area contributed by atoms with Crippen molar-refractivity contribution in [2.45, 2.75) is 81.3 Å². The Kier molecular flexibility index (Phi) is 11.4. The predicted octanol–water partition coefficient (Wildman–Crippen LogP) is 6.22. The molecule has 0 radical (unpaired) electrons. The van der Waals surface area contributed by atoms with Crippen molar-refractivity contribution in [3.05, 3.63) is 113 Å². The number of aromatic hydroxyl groups is 1. The number of amides is 4. The summed E-state index contributed by atoms with van der Waals surface area (Å²) in [5, 5.41) is 13.9. The van der Waals surface area contributed by atoms with Crippen molar-refractivity contribution < 1.29 is 23.9 Å². The quantitative estimate of drug-likeness (QED) is 0.116. The van der Waals surface area contributed by atoms with Crippen LogP contribution in [0.2, 0.25) is 0 Å². The highest BCUT2D eigenvalue weighted by Gasteiger charge is 2.39. The zero-order valence-electron chi connectivity index (χ0n) is 35.3. The fourth-order valence-corrected chi connectivity index (χ4v) is 10.1. The van der Waals surface area contributed by atoms with E-state index in [-0.39, 0.29) is 35.3 Å². The first-order valence-electron chi connectivity index (χ1n) is 22.2. The lowest BCUT2D eigenvalue weighted by atomic mass is 9.89. The van der Waals surface area contributed by atoms with Crippen LogP contribution in [0.15, 0.2) is 90.5 Å². The molecule has 326 valence electrons. The number of rotatable bonds is 10. The summed E-state index contributed by atoms with van der Waals surface area (Å²) in [5.74, 6) is 0.652. The van der Waals surface area contributed by atoms with Crippen molar-refractivity contribution in [3.8, 4) is 5.75 Å². The summed E-state index contributed by atoms with van der Waals surface area (Å²) >= 11 is 0. The number of carbonyl (C=O) groups is 3. The van der Waals surface area contributed by atoms with Gasteiger partial charge in [-0.2, -0.15) is 0 Å². The second-order valence-corrected chi connectivity index (χ2v) is 18.0. The number of nitrogens with two attached hydrogens (primary N) is 3. The van der Waals surface area contributed by atoms with Crippen LogP contribution in [0.5, 0.6) is 5.75 Å². The van der Waals surface area contributed by atoms with Crippen molar-refractivity contribution in [1.82, 2.24) is 24.6 Å². The van der Waals surface area contributed by atoms with Gasteiger partial charge in [0.15, 0.2) is 0 Å². The van der Waals surface area contributed by atoms with E-state index in [0.717, 1.165) is 62.1 Å². The van der Waals surface area contributed by atoms with Crippen LogP contribution in [-0.2, 0) is 4.79 Å². The number of nitrogens with zero attached hydrogens (tertiary/aromatic N) is 5. The van der Waals surface area contributed by atoms with Crippen molar-refractivity contribution in [3.63, 3.8) is 0 Å². The Morgan fingerprint density at radius 2 is 1.60 bits per heavy atom. The third-order valence-electron chi connectivity index (χ3n) is 13.8. The summed E-state index contributed by atoms with van der Waals surface area (Å²) in [6.07, 6.45) is 11.0. The Morgan fingerprint density at radius 3 is 2.29 bits per heavy atom. The highest BCUT2D eigenvalue weighted by atomic mass is 19.1. The summed E-state index contributed by atoms with van der Waals surface area (Å²) in [6, 6.07) is 20.8. The molecule has 3 aromatic carbocycles. The number of halogens is 1. The largest absolute Gasteiger partial charge is 0.507 e. The molecule has 62 heavy (non-hydrogen) atoms. The van der Waals surface area contributed by atoms with Crippen LogP contribution < -0.4 is 27.4 Å². The monoisotopic (exact) mass is 843 g/mol. The van der Waals surface area contributed by atoms with Gasteiger partial charge in [0.25, 0.3) is 5.91 Å². The maximum Gasteiger partial charge on any atom is 0.328 e. The molecule has 4 amide bonds. The summed E-state index contributed by atoms with van der Waals surface area (Å²) in [4.78, 5) is 45.8. The predicted molar refractivity (Wildman–Crippen MR) is 239 cm³/mol. The molecule has 5 aliphatic rings. The Bertz CT molecular complexity index is 2400. The topological polar surface area (TPSA) is 179 Å². The van der Waals surface area contributed by atoms with E-state index in [1.54, 1.807) is 34.1 Å². The van der Waals surface area contributed by atoms with E-state index < -0.39 is 5.67 Å². The highest BCUT2D eigenvalue weighted by molar-refractivity contribution is 6.06. The third kappa shape index (κ3) is 8.57. The molecule has 1 atom stereocenters. The van der Waals surface area contributed by atoms with Crippen molar-refractivity contribution in [1.29, 1.82) is 0 Å². The van der Waals surface area contributed by atoms with Gasteiger partial charge in [-0.15, -0.1) is 0 Å². The molecule has 0 spiro atoms. The van der Waals surface area contributed by atoms with Gasteiger partial charge in [0.1, 0.15) is 17.2 Å². The minimum Gasteiger partial charge on any atom is -0.507 e. The van der Waals surface area contributed by atoms with Gasteiger partial charge in [-0.1, -0.05) is 24.3 Å². The summed E-state index contributed by atoms with van der Waals surface area (Å²) in [5.41, 5.74) is 23.9. The number of likely N-dealkylation sites (tertiary alicyclic amines) is 3. The molecular weight excluding hydrogens is 786 g/mol. The van der Waals surface area contributed by atoms with Gasteiger partial charge in [-0.05, 0) is 104 Å². The fraction of sp³-hybridized carbons (Fsp3) is 0.438. The fourth-order valence-electron chi connectivity index (χ4n) is 10.1. The molecule has 8 N–H and O–H groups in total. The van der Waals surface area contributed by atoms with Crippen LogP contribution in [-0.4, -0.2) is 100 Å². The molecule has 5 fully saturated rings. The number of carbonyl (C=O) groups excluding carboxylic acids is 3. The lowest BCUT2D eigenvalue weighted by Gasteiger charge is -2.41. The summed E-state index contributed by atoms with van der Waals surface area (Å²) in [7, 11) is 0. The van der Waals surface area contributed by atoms with Crippen LogP contribution >= 0.6 is 0 Å². The number of fused-ring (bicyclic) bond motifs is 1. The van der Waals surface area contributed by atoms with Crippen LogP contribution in [0, 0.1) is 0 Å². The lowest BCUT2D eigenvalue weighted by Crippen LogP contribution is -2.51. The number of nitrogens with one attached hydrogen (secondary N) is 1. The standard InChI is InChI=1S/C48H58FN9O4/c49-48(30-54-21-15-35(16-22-54)58-29-39(32-9-10-32)38-26-36(13-14-41(38)58)57-23-17-44(60)53-47(57)62)18-24-55(25-19-48)46(61)33-11-7-31(8-12-33)34-4-3-20-56(28-34)42(45(51)52)27-40(50)37-5-1-2-6-43(37)59/h1-2,5-8,11-14,26-27,29,32,34-35,59H,3-4,9-10,15-25,28,30,50-52H2,(H,53,60,62)/b40-27-. The van der Waals surface area contributed by atoms with E-state index in [1.807, 2.05) is 36.4 Å². The molecule has 4 aromatic rings. The van der Waals surface area contributed by atoms with E-state index in [9.17, 15) is 19.5 Å². The number of allylic oxidation sites excluding steroid dienone is 1. The van der Waals surface area contributed by atoms with Crippen LogP contribution in [0.25, 0.3) is 16.6 Å². The minimum atomic E-state index is -1.34. The van der Waals surface area contributed by atoms with Crippen LogP contribution in [0.1, 0.15) is 103 Å². The smallest absolute Gasteiger partial charge is 0.328 e. The first kappa shape index (κ1) is 41.3. The van der Waals surface area contributed by atoms with Gasteiger partial charge >= 0.3 is 6.03 Å². The summed E-state index contributed by atoms with van der Waals surface area (Å²) in [6.45, 7) is 4.57. The Labute approximate surface area is 362 Å². The van der Waals surface area contributed by atoms with Gasteiger partial charge in [0, 0.05) is 123 Å². The van der Waals surface area contributed by atoms with Gasteiger partial charge in [-0.25, -0.2) is 9.18 Å². The number of para-hydroxylation sites is 1. The van der Waals surface area contributed by atoms with E-state index >= 15 is 4.39 Å². The van der Waals surface area contributed by atoms with Crippen molar-refractivity contribution in [2.24, 2.45) is 17.2 Å². The Hall–Kier alpha value is -6.02. The first-order valence-corrected chi connectivity index (χ1v) is 22.2. The maximum atomic E-state index is 16.5. The average molecular weight is 844 g/mol. The number of aromatic nitrogens is 1. The second-order valence-electron chi connectivity index (χ2n) is 18.0. The number of hydrogen-bond acceptors (Lipinski definition) is 9. The number of phenols is 1. The van der Waals surface area contributed by atoms with Gasteiger partial charge < -0.3 is 41.6 Å². The molecule has 1 saturated carbocycles. The number of imide groups is 1. The Balaban J connectivity index is 0.775. The number of hydrogen-bond donors (Lipinski definition) is 5. The number of anilines is 1. The normalized spacial score (nSPS) is 21.6. The number of piperidine rings is 3. The van der Waals surface area contributed by atoms with E-state index in [1.165, 1.54) is 23.8 Å². The molecule has 4 aliphatic heterocycles. The SMILES string of the molecule is NC(N)=C(/C=C(\N)c1ccccc1O)N1CCCC(c2ccc(C(=O)N3CCC(F)(CN4CCC(n5cc(C6CC6)c6cc(N7CCC(=O)NC7=O)ccc65)CC4)CC3)cc2)C1. The number of phenolic OH excluding ortho intramolecular Hbond substituents is 1. The summed E-state index contributed by atoms with van der Waals surface area (Å²) < 4.78 is 18.9. The van der Waals surface area contributed by atoms with Crippen molar-refractivity contribution in [2.75, 3.05) is 57.3 Å². The molecule has 0 bridgehead atoms. The Morgan fingerprint density at radius 1 is 0.855 bits per heavy atom. The highest BCUT2D eigenvalue weighted by Crippen LogP contribution is 2.46. The molecule has 1 aliphatic carbocycles. The van der Waals surface area contributed by atoms with Gasteiger partial charge in [-0.3, -0.25) is 19.8 Å². The maximum absolute atomic E-state index is 16.5. The van der Waals surface area contributed by atoms with Crippen LogP contribution in [0.3, 0.4) is 0 Å². The van der Waals surface area contributed by atoms with Gasteiger partial charge in [0.2, 0.25) is 5.91 Å². The zero-order valence-corrected chi connectivity index (χ0v) is 35.3. The number of urea groups is 1.